The highest BCUT2D eigenvalue weighted by atomic mass is 19.1. The lowest BCUT2D eigenvalue weighted by Crippen LogP contribution is -2.54. The zero-order chi connectivity index (χ0) is 14.2. The summed E-state index contributed by atoms with van der Waals surface area (Å²) in [5.41, 5.74) is 7.21. The lowest BCUT2D eigenvalue weighted by molar-refractivity contribution is 0.0575. The summed E-state index contributed by atoms with van der Waals surface area (Å²) in [5.74, 6) is -0.345. The van der Waals surface area contributed by atoms with Gasteiger partial charge < -0.3 is 10.6 Å². The van der Waals surface area contributed by atoms with Crippen LogP contribution >= 0.6 is 0 Å². The molecule has 0 bridgehead atoms. The standard InChI is InChI=1S/C15H21FN2O/c1-10-8-11(4-5-12(10)16)14(19)18-7-6-15(2,3)13(17)9-18/h4-5,8,13H,6-7,9,17H2,1-3H3. The molecule has 2 N–H and O–H groups in total. The maximum atomic E-state index is 13.2. The Bertz CT molecular complexity index is 499. The summed E-state index contributed by atoms with van der Waals surface area (Å²) >= 11 is 0. The van der Waals surface area contributed by atoms with E-state index in [9.17, 15) is 9.18 Å². The second kappa shape index (κ2) is 4.93. The van der Waals surface area contributed by atoms with E-state index >= 15 is 0 Å². The molecular formula is C15H21FN2O. The topological polar surface area (TPSA) is 46.3 Å². The molecule has 1 aromatic rings. The van der Waals surface area contributed by atoms with Crippen LogP contribution in [0.5, 0.6) is 0 Å². The first-order valence-corrected chi connectivity index (χ1v) is 6.62. The van der Waals surface area contributed by atoms with Crippen molar-refractivity contribution in [2.75, 3.05) is 13.1 Å². The molecule has 1 fully saturated rings. The predicted molar refractivity (Wildman–Crippen MR) is 73.4 cm³/mol. The van der Waals surface area contributed by atoms with E-state index in [1.165, 1.54) is 12.1 Å². The van der Waals surface area contributed by atoms with Gasteiger partial charge in [0.1, 0.15) is 5.82 Å². The molecule has 1 unspecified atom stereocenters. The molecule has 3 nitrogen and oxygen atoms in total. The van der Waals surface area contributed by atoms with Crippen molar-refractivity contribution in [1.29, 1.82) is 0 Å². The monoisotopic (exact) mass is 264 g/mol. The number of rotatable bonds is 1. The van der Waals surface area contributed by atoms with Crippen LogP contribution in [0, 0.1) is 18.2 Å². The lowest BCUT2D eigenvalue weighted by Gasteiger charge is -2.42. The number of piperidine rings is 1. The molecule has 1 aromatic carbocycles. The molecule has 0 spiro atoms. The number of nitrogens with zero attached hydrogens (tertiary/aromatic N) is 1. The Labute approximate surface area is 113 Å². The molecule has 1 heterocycles. The van der Waals surface area contributed by atoms with Gasteiger partial charge in [0.25, 0.3) is 5.91 Å². The van der Waals surface area contributed by atoms with E-state index in [-0.39, 0.29) is 23.2 Å². The Kier molecular flexibility index (Phi) is 3.63. The lowest BCUT2D eigenvalue weighted by atomic mass is 9.78. The first-order valence-electron chi connectivity index (χ1n) is 6.62. The quantitative estimate of drug-likeness (QED) is 0.846. The van der Waals surface area contributed by atoms with Crippen LogP contribution in [-0.2, 0) is 0 Å². The minimum Gasteiger partial charge on any atom is -0.337 e. The van der Waals surface area contributed by atoms with Crippen LogP contribution < -0.4 is 5.73 Å². The molecule has 0 saturated carbocycles. The van der Waals surface area contributed by atoms with E-state index in [4.69, 9.17) is 5.73 Å². The summed E-state index contributed by atoms with van der Waals surface area (Å²) in [6.45, 7) is 7.18. The summed E-state index contributed by atoms with van der Waals surface area (Å²) in [6, 6.07) is 4.46. The van der Waals surface area contributed by atoms with Crippen molar-refractivity contribution in [2.45, 2.75) is 33.2 Å². The maximum absolute atomic E-state index is 13.2. The first-order chi connectivity index (χ1) is 8.81. The molecule has 0 aliphatic carbocycles. The molecule has 4 heteroatoms. The van der Waals surface area contributed by atoms with E-state index < -0.39 is 0 Å². The van der Waals surface area contributed by atoms with Gasteiger partial charge in [-0.25, -0.2) is 4.39 Å². The van der Waals surface area contributed by atoms with Crippen LogP contribution in [0.4, 0.5) is 4.39 Å². The molecule has 19 heavy (non-hydrogen) atoms. The van der Waals surface area contributed by atoms with Gasteiger partial charge >= 0.3 is 0 Å². The van der Waals surface area contributed by atoms with E-state index in [0.717, 1.165) is 6.42 Å². The number of carbonyl (C=O) groups excluding carboxylic acids is 1. The number of halogens is 1. The van der Waals surface area contributed by atoms with E-state index in [1.54, 1.807) is 17.9 Å². The van der Waals surface area contributed by atoms with E-state index in [1.807, 2.05) is 0 Å². The highest BCUT2D eigenvalue weighted by molar-refractivity contribution is 5.94. The fourth-order valence-corrected chi connectivity index (χ4v) is 2.33. The Balaban J connectivity index is 2.14. The summed E-state index contributed by atoms with van der Waals surface area (Å²) in [4.78, 5) is 14.1. The van der Waals surface area contributed by atoms with Crippen LogP contribution in [0.1, 0.15) is 36.2 Å². The van der Waals surface area contributed by atoms with E-state index in [0.29, 0.717) is 24.2 Å². The largest absolute Gasteiger partial charge is 0.337 e. The Hall–Kier alpha value is -1.42. The number of hydrogen-bond acceptors (Lipinski definition) is 2. The van der Waals surface area contributed by atoms with Gasteiger partial charge in [-0.3, -0.25) is 4.79 Å². The van der Waals surface area contributed by atoms with Gasteiger partial charge in [0.05, 0.1) is 0 Å². The smallest absolute Gasteiger partial charge is 0.253 e. The molecule has 1 amide bonds. The number of benzene rings is 1. The Morgan fingerprint density at radius 1 is 1.47 bits per heavy atom. The molecule has 104 valence electrons. The third-order valence-electron chi connectivity index (χ3n) is 4.14. The fraction of sp³-hybridized carbons (Fsp3) is 0.533. The van der Waals surface area contributed by atoms with Gasteiger partial charge in [-0.15, -0.1) is 0 Å². The fourth-order valence-electron chi connectivity index (χ4n) is 2.33. The molecule has 2 rings (SSSR count). The number of carbonyl (C=O) groups is 1. The van der Waals surface area contributed by atoms with Crippen molar-refractivity contribution in [1.82, 2.24) is 4.90 Å². The predicted octanol–water partition coefficient (Wildman–Crippen LogP) is 2.33. The van der Waals surface area contributed by atoms with Gasteiger partial charge in [-0.1, -0.05) is 13.8 Å². The summed E-state index contributed by atoms with van der Waals surface area (Å²) < 4.78 is 13.2. The molecule has 0 aromatic heterocycles. The maximum Gasteiger partial charge on any atom is 0.253 e. The third kappa shape index (κ3) is 2.78. The van der Waals surface area contributed by atoms with E-state index in [2.05, 4.69) is 13.8 Å². The van der Waals surface area contributed by atoms with Crippen LogP contribution in [0.15, 0.2) is 18.2 Å². The molecule has 1 aliphatic heterocycles. The van der Waals surface area contributed by atoms with Gasteiger partial charge in [-0.2, -0.15) is 0 Å². The van der Waals surface area contributed by atoms with Crippen molar-refractivity contribution >= 4 is 5.91 Å². The number of hydrogen-bond donors (Lipinski definition) is 1. The van der Waals surface area contributed by atoms with Gasteiger partial charge in [0.15, 0.2) is 0 Å². The van der Waals surface area contributed by atoms with Crippen molar-refractivity contribution in [3.05, 3.63) is 35.1 Å². The number of amides is 1. The van der Waals surface area contributed by atoms with Crippen molar-refractivity contribution in [2.24, 2.45) is 11.1 Å². The van der Waals surface area contributed by atoms with Crippen molar-refractivity contribution in [3.63, 3.8) is 0 Å². The Morgan fingerprint density at radius 2 is 2.16 bits per heavy atom. The highest BCUT2D eigenvalue weighted by Gasteiger charge is 2.34. The Morgan fingerprint density at radius 3 is 2.74 bits per heavy atom. The molecule has 0 radical (unpaired) electrons. The normalized spacial score (nSPS) is 22.4. The van der Waals surface area contributed by atoms with Crippen LogP contribution in [0.3, 0.4) is 0 Å². The second-order valence-corrected chi connectivity index (χ2v) is 6.06. The van der Waals surface area contributed by atoms with Gasteiger partial charge in [0.2, 0.25) is 0 Å². The summed E-state index contributed by atoms with van der Waals surface area (Å²) in [6.07, 6.45) is 0.889. The minimum atomic E-state index is -0.284. The van der Waals surface area contributed by atoms with Crippen LogP contribution in [0.2, 0.25) is 0 Å². The summed E-state index contributed by atoms with van der Waals surface area (Å²) in [5, 5.41) is 0. The zero-order valence-electron chi connectivity index (χ0n) is 11.7. The average Bonchev–Trinajstić information content (AvgIpc) is 2.35. The molecule has 1 aliphatic rings. The highest BCUT2D eigenvalue weighted by Crippen LogP contribution is 2.29. The number of aryl methyl sites for hydroxylation is 1. The molecule has 1 atom stereocenters. The third-order valence-corrected chi connectivity index (χ3v) is 4.14. The number of likely N-dealkylation sites (tertiary alicyclic amines) is 1. The minimum absolute atomic E-state index is 0.0215. The second-order valence-electron chi connectivity index (χ2n) is 6.06. The van der Waals surface area contributed by atoms with Gasteiger partial charge in [0, 0.05) is 24.7 Å². The first kappa shape index (κ1) is 14.0. The van der Waals surface area contributed by atoms with Crippen molar-refractivity contribution < 1.29 is 9.18 Å². The van der Waals surface area contributed by atoms with Crippen LogP contribution in [-0.4, -0.2) is 29.9 Å². The number of nitrogens with two attached hydrogens (primary N) is 1. The SMILES string of the molecule is Cc1cc(C(=O)N2CCC(C)(C)C(N)C2)ccc1F. The zero-order valence-corrected chi connectivity index (χ0v) is 11.7. The molecular weight excluding hydrogens is 243 g/mol. The van der Waals surface area contributed by atoms with Crippen molar-refractivity contribution in [3.8, 4) is 0 Å². The average molecular weight is 264 g/mol. The van der Waals surface area contributed by atoms with Crippen LogP contribution in [0.25, 0.3) is 0 Å². The summed E-state index contributed by atoms with van der Waals surface area (Å²) in [7, 11) is 0. The molecule has 1 saturated heterocycles. The van der Waals surface area contributed by atoms with Gasteiger partial charge in [-0.05, 0) is 42.5 Å².